The van der Waals surface area contributed by atoms with Gasteiger partial charge in [0.05, 0.1) is 17.5 Å². The number of ether oxygens (including phenoxy) is 1. The molecule has 1 aromatic heterocycles. The maximum absolute atomic E-state index is 13.3. The van der Waals surface area contributed by atoms with E-state index in [0.717, 1.165) is 5.56 Å². The number of hydrogen-bond donors (Lipinski definition) is 1. The Bertz CT molecular complexity index is 781. The molecular weight excluding hydrogens is 326 g/mol. The lowest BCUT2D eigenvalue weighted by atomic mass is 10.1. The molecule has 1 unspecified atom stereocenters. The second kappa shape index (κ2) is 7.40. The minimum Gasteiger partial charge on any atom is -0.380 e. The molecule has 0 amide bonds. The molecule has 7 heteroatoms. The molecule has 0 spiro atoms. The molecule has 3 rings (SSSR count). The quantitative estimate of drug-likeness (QED) is 0.889. The van der Waals surface area contributed by atoms with Crippen molar-refractivity contribution in [2.24, 2.45) is 0 Å². The Morgan fingerprint density at radius 1 is 1.29 bits per heavy atom. The molecule has 2 heterocycles. The molecule has 24 heavy (non-hydrogen) atoms. The van der Waals surface area contributed by atoms with Crippen molar-refractivity contribution in [1.29, 1.82) is 0 Å². The van der Waals surface area contributed by atoms with E-state index >= 15 is 0 Å². The van der Waals surface area contributed by atoms with E-state index in [-0.39, 0.29) is 12.6 Å². The summed E-state index contributed by atoms with van der Waals surface area (Å²) in [5, 5.41) is 3.27. The van der Waals surface area contributed by atoms with Crippen molar-refractivity contribution in [3.63, 3.8) is 0 Å². The van der Waals surface area contributed by atoms with Crippen molar-refractivity contribution < 1.29 is 13.2 Å². The average molecular weight is 347 g/mol. The highest BCUT2D eigenvalue weighted by Crippen LogP contribution is 2.30. The third-order valence-electron chi connectivity index (χ3n) is 4.12. The molecular formula is C17H21N3O3S. The SMILES string of the molecule is COCc1ccccc1S(=O)(=O)N1CCNCC1c1cccnc1. The van der Waals surface area contributed by atoms with Crippen LogP contribution in [0.25, 0.3) is 0 Å². The summed E-state index contributed by atoms with van der Waals surface area (Å²) in [6.45, 7) is 1.88. The Morgan fingerprint density at radius 2 is 2.12 bits per heavy atom. The number of sulfonamides is 1. The van der Waals surface area contributed by atoms with E-state index in [1.807, 2.05) is 18.2 Å². The predicted molar refractivity (Wildman–Crippen MR) is 90.9 cm³/mol. The first-order valence-electron chi connectivity index (χ1n) is 7.84. The minimum atomic E-state index is -3.63. The standard InChI is InChI=1S/C17H21N3O3S/c1-23-13-15-5-2-3-7-17(15)24(21,22)20-10-9-19-12-16(20)14-6-4-8-18-11-14/h2-8,11,16,19H,9-10,12-13H2,1H3. The molecule has 6 nitrogen and oxygen atoms in total. The summed E-state index contributed by atoms with van der Waals surface area (Å²) in [6.07, 6.45) is 3.41. The number of rotatable bonds is 5. The van der Waals surface area contributed by atoms with Crippen LogP contribution in [0.3, 0.4) is 0 Å². The fraction of sp³-hybridized carbons (Fsp3) is 0.353. The van der Waals surface area contributed by atoms with E-state index in [4.69, 9.17) is 4.74 Å². The zero-order valence-corrected chi connectivity index (χ0v) is 14.4. The predicted octanol–water partition coefficient (Wildman–Crippen LogP) is 1.56. The van der Waals surface area contributed by atoms with Crippen molar-refractivity contribution in [3.8, 4) is 0 Å². The van der Waals surface area contributed by atoms with Crippen LogP contribution < -0.4 is 5.32 Å². The molecule has 1 aliphatic rings. The van der Waals surface area contributed by atoms with Gasteiger partial charge in [0.2, 0.25) is 10.0 Å². The van der Waals surface area contributed by atoms with Gasteiger partial charge in [-0.05, 0) is 23.3 Å². The van der Waals surface area contributed by atoms with Crippen LogP contribution in [0.5, 0.6) is 0 Å². The molecule has 0 radical (unpaired) electrons. The van der Waals surface area contributed by atoms with E-state index in [0.29, 0.717) is 30.1 Å². The van der Waals surface area contributed by atoms with Gasteiger partial charge >= 0.3 is 0 Å². The van der Waals surface area contributed by atoms with Crippen LogP contribution in [0.15, 0.2) is 53.7 Å². The summed E-state index contributed by atoms with van der Waals surface area (Å²) in [5.74, 6) is 0. The van der Waals surface area contributed by atoms with Gasteiger partial charge in [-0.25, -0.2) is 8.42 Å². The minimum absolute atomic E-state index is 0.263. The van der Waals surface area contributed by atoms with E-state index in [1.165, 1.54) is 0 Å². The summed E-state index contributed by atoms with van der Waals surface area (Å²) in [6, 6.07) is 10.5. The molecule has 1 aromatic carbocycles. The number of methoxy groups -OCH3 is 1. The number of pyridine rings is 1. The Balaban J connectivity index is 2.01. The maximum atomic E-state index is 13.3. The zero-order valence-electron chi connectivity index (χ0n) is 13.6. The fourth-order valence-corrected chi connectivity index (χ4v) is 4.81. The summed E-state index contributed by atoms with van der Waals surface area (Å²) >= 11 is 0. The molecule has 1 atom stereocenters. The van der Waals surface area contributed by atoms with Gasteiger partial charge in [0, 0.05) is 39.1 Å². The first kappa shape index (κ1) is 17.0. The number of aromatic nitrogens is 1. The zero-order chi connectivity index (χ0) is 17.0. The van der Waals surface area contributed by atoms with Gasteiger partial charge in [-0.1, -0.05) is 24.3 Å². The van der Waals surface area contributed by atoms with Gasteiger partial charge in [-0.3, -0.25) is 4.98 Å². The molecule has 2 aromatic rings. The van der Waals surface area contributed by atoms with E-state index < -0.39 is 10.0 Å². The Labute approximate surface area is 142 Å². The molecule has 1 fully saturated rings. The lowest BCUT2D eigenvalue weighted by Gasteiger charge is -2.35. The van der Waals surface area contributed by atoms with Gasteiger partial charge in [-0.15, -0.1) is 0 Å². The van der Waals surface area contributed by atoms with Crippen LogP contribution in [0.4, 0.5) is 0 Å². The summed E-state index contributed by atoms with van der Waals surface area (Å²) in [5.41, 5.74) is 1.56. The van der Waals surface area contributed by atoms with Crippen molar-refractivity contribution >= 4 is 10.0 Å². The molecule has 1 saturated heterocycles. The first-order chi connectivity index (χ1) is 11.6. The number of piperazine rings is 1. The molecule has 0 aliphatic carbocycles. The van der Waals surface area contributed by atoms with Gasteiger partial charge in [0.1, 0.15) is 0 Å². The summed E-state index contributed by atoms with van der Waals surface area (Å²) in [7, 11) is -2.06. The van der Waals surface area contributed by atoms with Crippen LogP contribution in [0.1, 0.15) is 17.2 Å². The van der Waals surface area contributed by atoms with Crippen LogP contribution in [0, 0.1) is 0 Å². The summed E-state index contributed by atoms with van der Waals surface area (Å²) < 4.78 is 33.3. The van der Waals surface area contributed by atoms with Crippen LogP contribution in [-0.2, 0) is 21.4 Å². The summed E-state index contributed by atoms with van der Waals surface area (Å²) in [4.78, 5) is 4.43. The number of hydrogen-bond acceptors (Lipinski definition) is 5. The lowest BCUT2D eigenvalue weighted by Crippen LogP contribution is -2.48. The monoisotopic (exact) mass is 347 g/mol. The van der Waals surface area contributed by atoms with Crippen molar-refractivity contribution in [3.05, 3.63) is 59.9 Å². The number of nitrogens with one attached hydrogen (secondary N) is 1. The van der Waals surface area contributed by atoms with E-state index in [9.17, 15) is 8.42 Å². The third kappa shape index (κ3) is 3.34. The Hall–Kier alpha value is -1.80. The maximum Gasteiger partial charge on any atom is 0.244 e. The van der Waals surface area contributed by atoms with E-state index in [1.54, 1.807) is 42.0 Å². The largest absolute Gasteiger partial charge is 0.380 e. The smallest absolute Gasteiger partial charge is 0.244 e. The number of nitrogens with zero attached hydrogens (tertiary/aromatic N) is 2. The first-order valence-corrected chi connectivity index (χ1v) is 9.28. The van der Waals surface area contributed by atoms with Crippen molar-refractivity contribution in [2.75, 3.05) is 26.7 Å². The average Bonchev–Trinajstić information content (AvgIpc) is 2.63. The highest BCUT2D eigenvalue weighted by molar-refractivity contribution is 7.89. The highest BCUT2D eigenvalue weighted by Gasteiger charge is 2.35. The Kier molecular flexibility index (Phi) is 5.25. The molecule has 1 aliphatic heterocycles. The van der Waals surface area contributed by atoms with Crippen molar-refractivity contribution in [2.45, 2.75) is 17.5 Å². The van der Waals surface area contributed by atoms with Crippen LogP contribution in [-0.4, -0.2) is 44.5 Å². The molecule has 128 valence electrons. The lowest BCUT2D eigenvalue weighted by molar-refractivity contribution is 0.182. The topological polar surface area (TPSA) is 71.5 Å². The van der Waals surface area contributed by atoms with Gasteiger partial charge in [0.25, 0.3) is 0 Å². The highest BCUT2D eigenvalue weighted by atomic mass is 32.2. The van der Waals surface area contributed by atoms with Crippen LogP contribution in [0.2, 0.25) is 0 Å². The van der Waals surface area contributed by atoms with Crippen LogP contribution >= 0.6 is 0 Å². The third-order valence-corrected chi connectivity index (χ3v) is 6.13. The van der Waals surface area contributed by atoms with Gasteiger partial charge < -0.3 is 10.1 Å². The second-order valence-electron chi connectivity index (χ2n) is 5.66. The van der Waals surface area contributed by atoms with Gasteiger partial charge in [0.15, 0.2) is 0 Å². The molecule has 0 saturated carbocycles. The second-order valence-corrected chi connectivity index (χ2v) is 7.52. The molecule has 0 bridgehead atoms. The number of benzene rings is 1. The van der Waals surface area contributed by atoms with E-state index in [2.05, 4.69) is 10.3 Å². The molecule has 1 N–H and O–H groups in total. The fourth-order valence-electron chi connectivity index (χ4n) is 2.99. The van der Waals surface area contributed by atoms with Crippen molar-refractivity contribution in [1.82, 2.24) is 14.6 Å². The normalized spacial score (nSPS) is 19.3. The Morgan fingerprint density at radius 3 is 2.88 bits per heavy atom. The van der Waals surface area contributed by atoms with Gasteiger partial charge in [-0.2, -0.15) is 4.31 Å².